The molecule has 1 rings (SSSR count). The van der Waals surface area contributed by atoms with Crippen molar-refractivity contribution in [3.05, 3.63) is 0 Å². The minimum absolute atomic E-state index is 0.0649. The van der Waals surface area contributed by atoms with Crippen LogP contribution in [0.2, 0.25) is 0 Å². The molecule has 2 N–H and O–H groups in total. The van der Waals surface area contributed by atoms with Crippen molar-refractivity contribution in [1.82, 2.24) is 10.2 Å². The summed E-state index contributed by atoms with van der Waals surface area (Å²) in [7, 11) is 1.57. The molecule has 0 saturated carbocycles. The van der Waals surface area contributed by atoms with Gasteiger partial charge in [-0.25, -0.2) is 0 Å². The number of methoxy groups -OCH3 is 1. The predicted octanol–water partition coefficient (Wildman–Crippen LogP) is -0.360. The van der Waals surface area contributed by atoms with Crippen LogP contribution in [0, 0.1) is 0 Å². The second-order valence-electron chi connectivity index (χ2n) is 4.32. The van der Waals surface area contributed by atoms with Crippen LogP contribution in [0.4, 0.5) is 0 Å². The van der Waals surface area contributed by atoms with Gasteiger partial charge in [-0.15, -0.1) is 0 Å². The molecule has 1 heterocycles. The first-order valence-corrected chi connectivity index (χ1v) is 7.03. The Bertz CT molecular complexity index is 301. The van der Waals surface area contributed by atoms with E-state index in [2.05, 4.69) is 5.32 Å². The van der Waals surface area contributed by atoms with Gasteiger partial charge in [0.05, 0.1) is 13.2 Å². The molecule has 0 bridgehead atoms. The molecule has 1 amide bonds. The highest BCUT2D eigenvalue weighted by Gasteiger charge is 2.30. The molecule has 1 aliphatic rings. The quantitative estimate of drug-likeness (QED) is 0.690. The number of thioether (sulfide) groups is 1. The summed E-state index contributed by atoms with van der Waals surface area (Å²) in [6.07, 6.45) is 0. The van der Waals surface area contributed by atoms with Crippen LogP contribution in [-0.2, 0) is 14.3 Å². The highest BCUT2D eigenvalue weighted by atomic mass is 32.2. The fourth-order valence-electron chi connectivity index (χ4n) is 1.85. The lowest BCUT2D eigenvalue weighted by atomic mass is 10.2. The van der Waals surface area contributed by atoms with Crippen LogP contribution in [-0.4, -0.2) is 72.3 Å². The second-order valence-corrected chi connectivity index (χ2v) is 5.47. The van der Waals surface area contributed by atoms with E-state index in [1.807, 2.05) is 6.92 Å². The van der Waals surface area contributed by atoms with E-state index < -0.39 is 12.0 Å². The van der Waals surface area contributed by atoms with E-state index >= 15 is 0 Å². The van der Waals surface area contributed by atoms with E-state index in [1.165, 1.54) is 0 Å². The highest BCUT2D eigenvalue weighted by Crippen LogP contribution is 2.16. The monoisotopic (exact) mass is 276 g/mol. The number of carboxylic acid groups (broad SMARTS) is 1. The van der Waals surface area contributed by atoms with Gasteiger partial charge >= 0.3 is 5.97 Å². The topological polar surface area (TPSA) is 78.9 Å². The minimum Gasteiger partial charge on any atom is -0.480 e. The maximum atomic E-state index is 11.8. The number of carboxylic acids is 1. The van der Waals surface area contributed by atoms with E-state index in [9.17, 15) is 9.59 Å². The van der Waals surface area contributed by atoms with E-state index in [0.29, 0.717) is 18.9 Å². The lowest BCUT2D eigenvalue weighted by Crippen LogP contribution is -2.52. The first-order chi connectivity index (χ1) is 8.54. The third-order valence-corrected chi connectivity index (χ3v) is 3.72. The normalized spacial score (nSPS) is 22.4. The Morgan fingerprint density at radius 1 is 1.61 bits per heavy atom. The molecule has 1 aliphatic heterocycles. The number of carbonyl (C=O) groups excluding carboxylic acids is 1. The van der Waals surface area contributed by atoms with Crippen LogP contribution in [0.5, 0.6) is 0 Å². The number of hydrogen-bond donors (Lipinski definition) is 2. The Morgan fingerprint density at radius 2 is 2.33 bits per heavy atom. The van der Waals surface area contributed by atoms with Gasteiger partial charge in [-0.1, -0.05) is 0 Å². The number of amides is 1. The molecule has 0 radical (unpaired) electrons. The molecule has 1 fully saturated rings. The van der Waals surface area contributed by atoms with Gasteiger partial charge in [-0.3, -0.25) is 14.5 Å². The molecular weight excluding hydrogens is 256 g/mol. The molecule has 2 unspecified atom stereocenters. The molecule has 7 heteroatoms. The van der Waals surface area contributed by atoms with Crippen LogP contribution >= 0.6 is 11.8 Å². The lowest BCUT2D eigenvalue weighted by Gasteiger charge is -2.32. The molecule has 0 spiro atoms. The number of nitrogens with one attached hydrogen (secondary N) is 1. The zero-order valence-electron chi connectivity index (χ0n) is 10.7. The van der Waals surface area contributed by atoms with E-state index in [4.69, 9.17) is 9.84 Å². The zero-order valence-corrected chi connectivity index (χ0v) is 11.5. The number of aliphatic carboxylic acids is 1. The SMILES string of the molecule is COCC(C)NC(=O)CN1CCSCC1C(=O)O. The van der Waals surface area contributed by atoms with Crippen molar-refractivity contribution in [2.75, 3.05) is 38.3 Å². The molecule has 0 aliphatic carbocycles. The average Bonchev–Trinajstić information content (AvgIpc) is 2.29. The van der Waals surface area contributed by atoms with Gasteiger partial charge in [-0.05, 0) is 6.92 Å². The fraction of sp³-hybridized carbons (Fsp3) is 0.818. The maximum absolute atomic E-state index is 11.8. The summed E-state index contributed by atoms with van der Waals surface area (Å²) in [5.74, 6) is 0.388. The second kappa shape index (κ2) is 7.60. The van der Waals surface area contributed by atoms with Crippen LogP contribution in [0.3, 0.4) is 0 Å². The van der Waals surface area contributed by atoms with Gasteiger partial charge in [0.2, 0.25) is 5.91 Å². The van der Waals surface area contributed by atoms with Crippen LogP contribution < -0.4 is 5.32 Å². The first kappa shape index (κ1) is 15.3. The van der Waals surface area contributed by atoms with Gasteiger partial charge in [0.15, 0.2) is 0 Å². The fourth-order valence-corrected chi connectivity index (χ4v) is 2.96. The van der Waals surface area contributed by atoms with Gasteiger partial charge in [-0.2, -0.15) is 11.8 Å². The average molecular weight is 276 g/mol. The Kier molecular flexibility index (Phi) is 6.45. The molecule has 0 aromatic heterocycles. The van der Waals surface area contributed by atoms with Crippen molar-refractivity contribution in [2.24, 2.45) is 0 Å². The minimum atomic E-state index is -0.861. The Labute approximate surface area is 111 Å². The summed E-state index contributed by atoms with van der Waals surface area (Å²) < 4.78 is 4.93. The lowest BCUT2D eigenvalue weighted by molar-refractivity contribution is -0.143. The number of ether oxygens (including phenoxy) is 1. The number of rotatable bonds is 6. The number of nitrogens with zero attached hydrogens (tertiary/aromatic N) is 1. The Morgan fingerprint density at radius 3 is 2.94 bits per heavy atom. The molecule has 0 aromatic carbocycles. The standard InChI is InChI=1S/C11H20N2O4S/c1-8(6-17-2)12-10(14)5-13-3-4-18-7-9(13)11(15)16/h8-9H,3-7H2,1-2H3,(H,12,14)(H,15,16). The molecule has 1 saturated heterocycles. The van der Waals surface area contributed by atoms with Crippen molar-refractivity contribution in [2.45, 2.75) is 19.0 Å². The van der Waals surface area contributed by atoms with Crippen molar-refractivity contribution in [3.63, 3.8) is 0 Å². The summed E-state index contributed by atoms with van der Waals surface area (Å²) >= 11 is 1.61. The van der Waals surface area contributed by atoms with E-state index in [-0.39, 0.29) is 18.5 Å². The summed E-state index contributed by atoms with van der Waals surface area (Å²) in [6.45, 7) is 3.06. The number of carbonyl (C=O) groups is 2. The van der Waals surface area contributed by atoms with Gasteiger partial charge in [0.25, 0.3) is 0 Å². The summed E-state index contributed by atoms with van der Waals surface area (Å²) in [6, 6.07) is -0.628. The third kappa shape index (κ3) is 4.83. The summed E-state index contributed by atoms with van der Waals surface area (Å²) in [4.78, 5) is 24.5. The summed E-state index contributed by atoms with van der Waals surface area (Å²) in [5.41, 5.74) is 0. The number of hydrogen-bond acceptors (Lipinski definition) is 5. The maximum Gasteiger partial charge on any atom is 0.321 e. The molecule has 0 aromatic rings. The van der Waals surface area contributed by atoms with Crippen molar-refractivity contribution in [3.8, 4) is 0 Å². The van der Waals surface area contributed by atoms with Crippen molar-refractivity contribution < 1.29 is 19.4 Å². The van der Waals surface area contributed by atoms with Gasteiger partial charge in [0.1, 0.15) is 6.04 Å². The van der Waals surface area contributed by atoms with E-state index in [0.717, 1.165) is 5.75 Å². The first-order valence-electron chi connectivity index (χ1n) is 5.87. The predicted molar refractivity (Wildman–Crippen MR) is 69.8 cm³/mol. The van der Waals surface area contributed by atoms with Crippen LogP contribution in [0.15, 0.2) is 0 Å². The third-order valence-electron chi connectivity index (χ3n) is 2.70. The highest BCUT2D eigenvalue weighted by molar-refractivity contribution is 7.99. The largest absolute Gasteiger partial charge is 0.480 e. The van der Waals surface area contributed by atoms with Crippen LogP contribution in [0.25, 0.3) is 0 Å². The molecule has 104 valence electrons. The zero-order chi connectivity index (χ0) is 13.5. The van der Waals surface area contributed by atoms with Crippen molar-refractivity contribution >= 4 is 23.6 Å². The smallest absolute Gasteiger partial charge is 0.321 e. The molecule has 6 nitrogen and oxygen atoms in total. The Hall–Kier alpha value is -0.790. The van der Waals surface area contributed by atoms with E-state index in [1.54, 1.807) is 23.8 Å². The Balaban J connectivity index is 2.43. The van der Waals surface area contributed by atoms with Crippen LogP contribution in [0.1, 0.15) is 6.92 Å². The van der Waals surface area contributed by atoms with Gasteiger partial charge < -0.3 is 15.2 Å². The summed E-state index contributed by atoms with van der Waals surface area (Å²) in [5, 5.41) is 11.9. The molecular formula is C11H20N2O4S. The van der Waals surface area contributed by atoms with Gasteiger partial charge in [0, 0.05) is 31.2 Å². The van der Waals surface area contributed by atoms with Crippen molar-refractivity contribution in [1.29, 1.82) is 0 Å². The molecule has 2 atom stereocenters. The molecule has 18 heavy (non-hydrogen) atoms.